The molecule has 0 bridgehead atoms. The zero-order chi connectivity index (χ0) is 29.0. The summed E-state index contributed by atoms with van der Waals surface area (Å²) in [6.45, 7) is -2.72. The van der Waals surface area contributed by atoms with Crippen molar-refractivity contribution in [2.24, 2.45) is 11.8 Å². The van der Waals surface area contributed by atoms with E-state index in [4.69, 9.17) is 61.8 Å². The van der Waals surface area contributed by atoms with Crippen LogP contribution in [0.25, 0.3) is 0 Å². The Morgan fingerprint density at radius 3 is 1.72 bits per heavy atom. The molecular weight excluding hydrogens is 623 g/mol. The molecule has 9 atom stereocenters. The number of hydrogen-bond donors (Lipinski definition) is 0. The van der Waals surface area contributed by atoms with Crippen LogP contribution in [0.4, 0.5) is 0 Å². The van der Waals surface area contributed by atoms with Crippen molar-refractivity contribution in [2.45, 2.75) is 23.6 Å². The molecule has 0 radical (unpaired) electrons. The van der Waals surface area contributed by atoms with Gasteiger partial charge in [0.1, 0.15) is 12.5 Å². The summed E-state index contributed by atoms with van der Waals surface area (Å²) in [5, 5.41) is -1.80. The molecule has 0 aliphatic carbocycles. The Bertz CT molecular complexity index is 1370. The number of terminal acetylenes is 2. The average Bonchev–Trinajstić information content (AvgIpc) is 3.51. The second kappa shape index (κ2) is 13.6. The van der Waals surface area contributed by atoms with Crippen molar-refractivity contribution < 1.29 is 13.6 Å². The maximum Gasteiger partial charge on any atom is 0.266 e. The highest BCUT2D eigenvalue weighted by atomic mass is 32.9. The molecule has 3 saturated heterocycles. The number of hydrogen-bond acceptors (Lipinski definition) is 7. The SMILES string of the molecule is C#CC1CP(=S)(N(C)C)SC1C#CC#CC1OP(=S)(N(C)C)OC1C#CC#CC1CP(=S)(N(C)C)OC1C#C. The van der Waals surface area contributed by atoms with E-state index in [1.165, 1.54) is 0 Å². The lowest BCUT2D eigenvalue weighted by Gasteiger charge is -2.22. The Morgan fingerprint density at radius 1 is 0.667 bits per heavy atom. The number of rotatable bonds is 3. The zero-order valence-corrected chi connectivity index (χ0v) is 28.5. The smallest absolute Gasteiger partial charge is 0.266 e. The van der Waals surface area contributed by atoms with Gasteiger partial charge in [-0.05, 0) is 77.8 Å². The first-order chi connectivity index (χ1) is 18.3. The van der Waals surface area contributed by atoms with Crippen LogP contribution in [0.3, 0.4) is 0 Å². The van der Waals surface area contributed by atoms with Gasteiger partial charge in [0, 0.05) is 18.2 Å². The molecule has 0 aromatic rings. The van der Waals surface area contributed by atoms with Crippen LogP contribution in [0, 0.1) is 83.9 Å². The molecule has 0 aromatic carbocycles. The molecule has 0 saturated carbocycles. The molecule has 0 amide bonds. The minimum Gasteiger partial charge on any atom is -0.320 e. The van der Waals surface area contributed by atoms with E-state index in [0.29, 0.717) is 6.16 Å². The van der Waals surface area contributed by atoms with Crippen LogP contribution in [0.5, 0.6) is 0 Å². The summed E-state index contributed by atoms with van der Waals surface area (Å²) in [6, 6.07) is 0. The van der Waals surface area contributed by atoms with Crippen LogP contribution >= 0.6 is 29.8 Å². The van der Waals surface area contributed by atoms with Gasteiger partial charge in [0.05, 0.1) is 16.6 Å². The van der Waals surface area contributed by atoms with E-state index in [2.05, 4.69) is 63.9 Å². The summed E-state index contributed by atoms with van der Waals surface area (Å²) in [5.41, 5.74) is 0. The molecule has 3 aliphatic rings. The summed E-state index contributed by atoms with van der Waals surface area (Å²) in [4.78, 5) is 0. The monoisotopic (exact) mass is 653 g/mol. The van der Waals surface area contributed by atoms with E-state index in [1.54, 1.807) is 16.1 Å². The average molecular weight is 654 g/mol. The van der Waals surface area contributed by atoms with Crippen molar-refractivity contribution in [3.63, 3.8) is 0 Å². The van der Waals surface area contributed by atoms with E-state index in [0.717, 1.165) is 6.16 Å². The topological polar surface area (TPSA) is 37.4 Å². The molecule has 3 rings (SSSR count). The van der Waals surface area contributed by atoms with Gasteiger partial charge < -0.3 is 4.52 Å². The fourth-order valence-electron chi connectivity index (χ4n) is 3.59. The highest BCUT2D eigenvalue weighted by molar-refractivity contribution is 8.70. The van der Waals surface area contributed by atoms with Crippen LogP contribution < -0.4 is 0 Å². The van der Waals surface area contributed by atoms with Crippen molar-refractivity contribution >= 4 is 65.3 Å². The first-order valence-corrected chi connectivity index (χ1v) is 21.6. The molecule has 3 aliphatic heterocycles. The molecular formula is C26H30N3O3P3S4. The van der Waals surface area contributed by atoms with E-state index >= 15 is 0 Å². The largest absolute Gasteiger partial charge is 0.320 e. The Labute approximate surface area is 253 Å². The van der Waals surface area contributed by atoms with E-state index in [1.807, 2.05) is 47.0 Å². The highest BCUT2D eigenvalue weighted by Crippen LogP contribution is 2.69. The summed E-state index contributed by atoms with van der Waals surface area (Å²) in [5.74, 6) is 29.3. The van der Waals surface area contributed by atoms with Gasteiger partial charge >= 0.3 is 0 Å². The van der Waals surface area contributed by atoms with Crippen molar-refractivity contribution in [3.8, 4) is 72.1 Å². The lowest BCUT2D eigenvalue weighted by Crippen LogP contribution is -2.18. The quantitative estimate of drug-likeness (QED) is 0.335. The second-order valence-electron chi connectivity index (χ2n) is 9.38. The summed E-state index contributed by atoms with van der Waals surface area (Å²) < 4.78 is 23.8. The molecule has 13 heteroatoms. The predicted octanol–water partition coefficient (Wildman–Crippen LogP) is 3.33. The van der Waals surface area contributed by atoms with Crippen molar-refractivity contribution in [3.05, 3.63) is 0 Å². The zero-order valence-electron chi connectivity index (χ0n) is 22.6. The molecule has 3 fully saturated rings. The summed E-state index contributed by atoms with van der Waals surface area (Å²) in [6.07, 6.45) is 8.87. The molecule has 0 N–H and O–H groups in total. The third-order valence-corrected chi connectivity index (χ3v) is 22.2. The van der Waals surface area contributed by atoms with E-state index in [-0.39, 0.29) is 17.1 Å². The van der Waals surface area contributed by atoms with Gasteiger partial charge in [-0.25, -0.2) is 4.67 Å². The fraction of sp³-hybridized carbons (Fsp3) is 0.538. The third kappa shape index (κ3) is 7.83. The first-order valence-electron chi connectivity index (χ1n) is 11.8. The Morgan fingerprint density at radius 2 is 1.23 bits per heavy atom. The van der Waals surface area contributed by atoms with Crippen LogP contribution in [0.1, 0.15) is 0 Å². The Kier molecular flexibility index (Phi) is 11.5. The lowest BCUT2D eigenvalue weighted by molar-refractivity contribution is 0.251. The highest BCUT2D eigenvalue weighted by Gasteiger charge is 2.42. The molecule has 0 aromatic heterocycles. The molecule has 3 heterocycles. The molecule has 0 spiro atoms. The van der Waals surface area contributed by atoms with Crippen molar-refractivity contribution in [2.75, 3.05) is 54.6 Å². The van der Waals surface area contributed by atoms with Crippen LogP contribution in [0.15, 0.2) is 0 Å². The molecule has 6 nitrogen and oxygen atoms in total. The van der Waals surface area contributed by atoms with Crippen LogP contribution in [-0.4, -0.2) is 92.2 Å². The van der Waals surface area contributed by atoms with E-state index in [9.17, 15) is 0 Å². The fourth-order valence-corrected chi connectivity index (χ4v) is 14.8. The molecule has 39 heavy (non-hydrogen) atoms. The minimum atomic E-state index is -2.72. The van der Waals surface area contributed by atoms with Gasteiger partial charge in [-0.1, -0.05) is 64.6 Å². The van der Waals surface area contributed by atoms with Gasteiger partial charge in [0.2, 0.25) is 0 Å². The van der Waals surface area contributed by atoms with Gasteiger partial charge in [-0.2, -0.15) is 0 Å². The van der Waals surface area contributed by atoms with Crippen molar-refractivity contribution in [1.82, 2.24) is 14.0 Å². The maximum absolute atomic E-state index is 6.04. The second-order valence-corrected chi connectivity index (χ2v) is 25.4. The normalized spacial score (nSPS) is 38.8. The summed E-state index contributed by atoms with van der Waals surface area (Å²) in [7, 11) is 11.4. The maximum atomic E-state index is 6.04. The van der Waals surface area contributed by atoms with Crippen molar-refractivity contribution in [1.29, 1.82) is 0 Å². The Balaban J connectivity index is 1.77. The number of nitrogens with zero attached hydrogens (tertiary/aromatic N) is 3. The molecule has 9 unspecified atom stereocenters. The standard InChI is InChI=1S/C26H30N3O3P3S4/c1-9-21-20-34(37,28(5)6)39-26(21)18-14-13-17-25-24(31-35(38,32-25)29(7)8)16-12-11-15-22-19-33(36,27(3)4)30-23(22)10-2/h1-2,21-26H,19-20H2,3-8H3. The van der Waals surface area contributed by atoms with Gasteiger partial charge in [0.15, 0.2) is 12.2 Å². The lowest BCUT2D eigenvalue weighted by atomic mass is 10.1. The van der Waals surface area contributed by atoms with E-state index < -0.39 is 36.8 Å². The first kappa shape index (κ1) is 32.9. The predicted molar refractivity (Wildman–Crippen MR) is 175 cm³/mol. The van der Waals surface area contributed by atoms with Crippen LogP contribution in [-0.2, 0) is 49.0 Å². The minimum absolute atomic E-state index is 0.00535. The van der Waals surface area contributed by atoms with Gasteiger partial charge in [-0.15, -0.1) is 18.8 Å². The molecule has 206 valence electrons. The summed E-state index contributed by atoms with van der Waals surface area (Å²) >= 11 is 18.9. The van der Waals surface area contributed by atoms with Gasteiger partial charge in [0.25, 0.3) is 6.64 Å². The van der Waals surface area contributed by atoms with Gasteiger partial charge in [-0.3, -0.25) is 18.4 Å². The van der Waals surface area contributed by atoms with Crippen LogP contribution in [0.2, 0.25) is 0 Å². The Hall–Kier alpha value is -0.580. The third-order valence-electron chi connectivity index (χ3n) is 6.02.